The number of para-hydroxylation sites is 2. The highest BCUT2D eigenvalue weighted by Gasteiger charge is 2.27. The van der Waals surface area contributed by atoms with E-state index in [1.165, 1.54) is 22.0 Å². The van der Waals surface area contributed by atoms with Gasteiger partial charge in [-0.25, -0.2) is 0 Å². The van der Waals surface area contributed by atoms with Crippen LogP contribution in [0.3, 0.4) is 0 Å². The van der Waals surface area contributed by atoms with E-state index in [0.717, 1.165) is 44.9 Å². The van der Waals surface area contributed by atoms with Crippen LogP contribution >= 0.6 is 0 Å². The molecule has 3 aromatic rings. The van der Waals surface area contributed by atoms with E-state index in [9.17, 15) is 5.11 Å². The summed E-state index contributed by atoms with van der Waals surface area (Å²) >= 11 is 0. The maximum absolute atomic E-state index is 9.65. The van der Waals surface area contributed by atoms with Crippen molar-refractivity contribution in [3.63, 3.8) is 0 Å². The fraction of sp³-hybridized carbons (Fsp3) is 0.417. The van der Waals surface area contributed by atoms with Crippen molar-refractivity contribution in [2.75, 3.05) is 32.8 Å². The van der Waals surface area contributed by atoms with Gasteiger partial charge in [0.05, 0.1) is 6.61 Å². The van der Waals surface area contributed by atoms with Crippen LogP contribution in [-0.4, -0.2) is 58.8 Å². The second-order valence-corrected chi connectivity index (χ2v) is 7.77. The molecule has 154 valence electrons. The normalized spacial score (nSPS) is 18.3. The number of aliphatic hydroxyl groups excluding tert-OH is 1. The van der Waals surface area contributed by atoms with Crippen molar-refractivity contribution in [1.29, 1.82) is 0 Å². The molecule has 0 radical (unpaired) electrons. The van der Waals surface area contributed by atoms with Crippen molar-refractivity contribution in [2.24, 2.45) is 0 Å². The molecular formula is C24H31N3O2. The summed E-state index contributed by atoms with van der Waals surface area (Å²) in [6.45, 7) is 7.71. The van der Waals surface area contributed by atoms with Crippen LogP contribution in [0.2, 0.25) is 0 Å². The van der Waals surface area contributed by atoms with Gasteiger partial charge in [0, 0.05) is 68.0 Å². The molecular weight excluding hydrogens is 362 g/mol. The summed E-state index contributed by atoms with van der Waals surface area (Å²) in [7, 11) is 0. The number of fused-ring (bicyclic) bond motifs is 1. The minimum atomic E-state index is 0.217. The maximum atomic E-state index is 9.65. The van der Waals surface area contributed by atoms with Crippen molar-refractivity contribution in [1.82, 2.24) is 14.8 Å². The molecule has 1 aromatic heterocycles. The van der Waals surface area contributed by atoms with Gasteiger partial charge in [0.15, 0.2) is 0 Å². The van der Waals surface area contributed by atoms with E-state index in [-0.39, 0.29) is 6.61 Å². The van der Waals surface area contributed by atoms with Gasteiger partial charge in [-0.2, -0.15) is 0 Å². The molecule has 0 amide bonds. The zero-order valence-electron chi connectivity index (χ0n) is 17.2. The van der Waals surface area contributed by atoms with E-state index < -0.39 is 0 Å². The molecule has 0 bridgehead atoms. The number of rotatable bonds is 8. The van der Waals surface area contributed by atoms with Gasteiger partial charge in [-0.15, -0.1) is 0 Å². The second-order valence-electron chi connectivity index (χ2n) is 7.77. The first kappa shape index (κ1) is 20.0. The SMILES string of the molecule is CCOc1ccccc1CN1CCN(Cc2c[nH]c3ccccc23)C[C@@H]1CCO. The Balaban J connectivity index is 1.45. The molecule has 1 aliphatic heterocycles. The second kappa shape index (κ2) is 9.44. The van der Waals surface area contributed by atoms with Crippen LogP contribution in [0.5, 0.6) is 5.75 Å². The first-order valence-electron chi connectivity index (χ1n) is 10.6. The lowest BCUT2D eigenvalue weighted by molar-refractivity contribution is 0.0496. The van der Waals surface area contributed by atoms with Gasteiger partial charge in [-0.05, 0) is 31.0 Å². The number of piperazine rings is 1. The number of hydrogen-bond donors (Lipinski definition) is 2. The van der Waals surface area contributed by atoms with Crippen molar-refractivity contribution in [3.05, 3.63) is 65.9 Å². The third kappa shape index (κ3) is 4.64. The van der Waals surface area contributed by atoms with E-state index in [4.69, 9.17) is 4.74 Å². The predicted octanol–water partition coefficient (Wildman–Crippen LogP) is 3.64. The van der Waals surface area contributed by atoms with E-state index in [0.29, 0.717) is 12.6 Å². The summed E-state index contributed by atoms with van der Waals surface area (Å²) in [6, 6.07) is 17.1. The van der Waals surface area contributed by atoms with Crippen molar-refractivity contribution in [3.8, 4) is 5.75 Å². The number of aromatic nitrogens is 1. The monoisotopic (exact) mass is 393 g/mol. The number of H-pyrrole nitrogens is 1. The molecule has 5 nitrogen and oxygen atoms in total. The molecule has 4 rings (SSSR count). The average Bonchev–Trinajstić information content (AvgIpc) is 3.15. The molecule has 0 aliphatic carbocycles. The topological polar surface area (TPSA) is 51.7 Å². The summed E-state index contributed by atoms with van der Waals surface area (Å²) in [4.78, 5) is 8.40. The molecule has 2 aromatic carbocycles. The number of aliphatic hydroxyl groups is 1. The van der Waals surface area contributed by atoms with Crippen LogP contribution in [0.4, 0.5) is 0 Å². The number of benzene rings is 2. The van der Waals surface area contributed by atoms with Crippen molar-refractivity contribution >= 4 is 10.9 Å². The number of nitrogens with one attached hydrogen (secondary N) is 1. The van der Waals surface area contributed by atoms with Crippen LogP contribution in [0.15, 0.2) is 54.7 Å². The Labute approximate surface area is 172 Å². The molecule has 2 N–H and O–H groups in total. The summed E-state index contributed by atoms with van der Waals surface area (Å²) < 4.78 is 5.82. The Hall–Kier alpha value is -2.34. The lowest BCUT2D eigenvalue weighted by Gasteiger charge is -2.41. The standard InChI is InChI=1S/C24H31N3O2/c1-2-29-24-10-6-3-7-19(24)17-27-13-12-26(18-21(27)11-14-28)16-20-15-25-23-9-5-4-8-22(20)23/h3-10,15,21,25,28H,2,11-14,16-18H2,1H3/t21-/m0/s1. The van der Waals surface area contributed by atoms with E-state index >= 15 is 0 Å². The van der Waals surface area contributed by atoms with Crippen molar-refractivity contribution < 1.29 is 9.84 Å². The zero-order chi connectivity index (χ0) is 20.1. The fourth-order valence-corrected chi connectivity index (χ4v) is 4.38. The number of ether oxygens (including phenoxy) is 1. The Kier molecular flexibility index (Phi) is 6.49. The Bertz CT molecular complexity index is 923. The summed E-state index contributed by atoms with van der Waals surface area (Å²) in [5.74, 6) is 0.971. The van der Waals surface area contributed by atoms with Crippen LogP contribution < -0.4 is 4.74 Å². The predicted molar refractivity (Wildman–Crippen MR) is 117 cm³/mol. The molecule has 5 heteroatoms. The highest BCUT2D eigenvalue weighted by Crippen LogP contribution is 2.25. The molecule has 0 saturated carbocycles. The maximum Gasteiger partial charge on any atom is 0.123 e. The van der Waals surface area contributed by atoms with Crippen LogP contribution in [0, 0.1) is 0 Å². The van der Waals surface area contributed by atoms with Gasteiger partial charge in [0.1, 0.15) is 5.75 Å². The Morgan fingerprint density at radius 1 is 1.03 bits per heavy atom. The van der Waals surface area contributed by atoms with E-state index in [2.05, 4.69) is 57.4 Å². The van der Waals surface area contributed by atoms with Gasteiger partial charge in [-0.1, -0.05) is 36.4 Å². The molecule has 29 heavy (non-hydrogen) atoms. The Morgan fingerprint density at radius 3 is 2.72 bits per heavy atom. The smallest absolute Gasteiger partial charge is 0.123 e. The van der Waals surface area contributed by atoms with Crippen molar-refractivity contribution in [2.45, 2.75) is 32.5 Å². The molecule has 1 saturated heterocycles. The van der Waals surface area contributed by atoms with Gasteiger partial charge in [0.25, 0.3) is 0 Å². The average molecular weight is 394 g/mol. The fourth-order valence-electron chi connectivity index (χ4n) is 4.38. The highest BCUT2D eigenvalue weighted by atomic mass is 16.5. The summed E-state index contributed by atoms with van der Waals surface area (Å²) in [5, 5.41) is 11.0. The number of aromatic amines is 1. The molecule has 1 aliphatic rings. The van der Waals surface area contributed by atoms with Gasteiger partial charge in [-0.3, -0.25) is 9.80 Å². The third-order valence-electron chi connectivity index (χ3n) is 5.87. The largest absolute Gasteiger partial charge is 0.494 e. The summed E-state index contributed by atoms with van der Waals surface area (Å²) in [6.07, 6.45) is 2.93. The van der Waals surface area contributed by atoms with Crippen LogP contribution in [0.25, 0.3) is 10.9 Å². The van der Waals surface area contributed by atoms with Crippen LogP contribution in [0.1, 0.15) is 24.5 Å². The lowest BCUT2D eigenvalue weighted by atomic mass is 10.1. The highest BCUT2D eigenvalue weighted by molar-refractivity contribution is 5.82. The molecule has 1 fully saturated rings. The quantitative estimate of drug-likeness (QED) is 0.614. The molecule has 0 spiro atoms. The van der Waals surface area contributed by atoms with E-state index in [1.807, 2.05) is 19.1 Å². The third-order valence-corrected chi connectivity index (χ3v) is 5.87. The molecule has 1 atom stereocenters. The van der Waals surface area contributed by atoms with Gasteiger partial charge < -0.3 is 14.8 Å². The van der Waals surface area contributed by atoms with Gasteiger partial charge in [0.2, 0.25) is 0 Å². The minimum Gasteiger partial charge on any atom is -0.494 e. The minimum absolute atomic E-state index is 0.217. The Morgan fingerprint density at radius 2 is 1.86 bits per heavy atom. The molecule has 2 heterocycles. The first-order valence-corrected chi connectivity index (χ1v) is 10.6. The van der Waals surface area contributed by atoms with Gasteiger partial charge >= 0.3 is 0 Å². The first-order chi connectivity index (χ1) is 14.3. The molecule has 0 unspecified atom stereocenters. The lowest BCUT2D eigenvalue weighted by Crippen LogP contribution is -2.52. The number of hydrogen-bond acceptors (Lipinski definition) is 4. The summed E-state index contributed by atoms with van der Waals surface area (Å²) in [5.41, 5.74) is 3.77. The zero-order valence-corrected chi connectivity index (χ0v) is 17.2. The number of nitrogens with zero attached hydrogens (tertiary/aromatic N) is 2. The van der Waals surface area contributed by atoms with E-state index in [1.54, 1.807) is 0 Å². The van der Waals surface area contributed by atoms with Crippen LogP contribution in [-0.2, 0) is 13.1 Å².